The van der Waals surface area contributed by atoms with Gasteiger partial charge in [-0.05, 0) is 24.8 Å². The molecule has 3 rings (SSSR count). The monoisotopic (exact) mass is 202 g/mol. The molecule has 2 atom stereocenters. The Morgan fingerprint density at radius 1 is 1.20 bits per heavy atom. The summed E-state index contributed by atoms with van der Waals surface area (Å²) in [6, 6.07) is 10.1. The minimum Gasteiger partial charge on any atom is -0.353 e. The minimum absolute atomic E-state index is 0.0338. The average Bonchev–Trinajstić information content (AvgIpc) is 3.00. The molecule has 1 spiro atoms. The zero-order valence-electron chi connectivity index (χ0n) is 8.61. The van der Waals surface area contributed by atoms with Crippen molar-refractivity contribution in [2.75, 3.05) is 0 Å². The summed E-state index contributed by atoms with van der Waals surface area (Å²) in [7, 11) is 0. The summed E-state index contributed by atoms with van der Waals surface area (Å²) < 4.78 is 5.69. The first-order chi connectivity index (χ1) is 7.33. The summed E-state index contributed by atoms with van der Waals surface area (Å²) in [5.74, 6) is 0.308. The lowest BCUT2D eigenvalue weighted by Gasteiger charge is -2.16. The van der Waals surface area contributed by atoms with E-state index in [1.165, 1.54) is 0 Å². The standard InChI is InChI=1S/C13H14O2/c14-11-8-4-5-9-13(11)12(15-13)10-6-2-1-3-7-10/h1-3,6-7,12H,4-5,8-9H2/t12-,13+/m0/s1. The maximum Gasteiger partial charge on any atom is 0.167 e. The number of ether oxygens (including phenoxy) is 1. The summed E-state index contributed by atoms with van der Waals surface area (Å²) in [5.41, 5.74) is 0.715. The third kappa shape index (κ3) is 1.32. The van der Waals surface area contributed by atoms with Crippen molar-refractivity contribution in [1.29, 1.82) is 0 Å². The van der Waals surface area contributed by atoms with Gasteiger partial charge in [0, 0.05) is 6.42 Å². The molecule has 0 radical (unpaired) electrons. The van der Waals surface area contributed by atoms with Gasteiger partial charge >= 0.3 is 0 Å². The molecule has 1 heterocycles. The molecule has 0 unspecified atom stereocenters. The van der Waals surface area contributed by atoms with Crippen LogP contribution >= 0.6 is 0 Å². The fourth-order valence-corrected chi connectivity index (χ4v) is 2.57. The van der Waals surface area contributed by atoms with Crippen LogP contribution in [0.15, 0.2) is 30.3 Å². The Hall–Kier alpha value is -1.15. The summed E-state index contributed by atoms with van der Waals surface area (Å²) in [6.45, 7) is 0. The topological polar surface area (TPSA) is 29.6 Å². The fourth-order valence-electron chi connectivity index (χ4n) is 2.57. The minimum atomic E-state index is -0.431. The summed E-state index contributed by atoms with van der Waals surface area (Å²) in [5, 5.41) is 0. The van der Waals surface area contributed by atoms with Crippen LogP contribution in [0.5, 0.6) is 0 Å². The molecule has 1 aliphatic carbocycles. The van der Waals surface area contributed by atoms with E-state index in [0.717, 1.165) is 24.8 Å². The number of carbonyl (C=O) groups is 1. The molecule has 78 valence electrons. The van der Waals surface area contributed by atoms with Gasteiger partial charge in [-0.3, -0.25) is 4.79 Å². The lowest BCUT2D eigenvalue weighted by molar-refractivity contribution is -0.125. The van der Waals surface area contributed by atoms with Crippen LogP contribution < -0.4 is 0 Å². The van der Waals surface area contributed by atoms with Crippen LogP contribution in [0.3, 0.4) is 0 Å². The number of hydrogen-bond donors (Lipinski definition) is 0. The largest absolute Gasteiger partial charge is 0.353 e. The molecular weight excluding hydrogens is 188 g/mol. The first-order valence-electron chi connectivity index (χ1n) is 5.59. The molecule has 15 heavy (non-hydrogen) atoms. The zero-order chi connectivity index (χ0) is 10.3. The Bertz CT molecular complexity index is 385. The van der Waals surface area contributed by atoms with E-state index in [2.05, 4.69) is 0 Å². The molecule has 2 nitrogen and oxygen atoms in total. The third-order valence-electron chi connectivity index (χ3n) is 3.47. The molecule has 1 saturated carbocycles. The molecule has 0 bridgehead atoms. The number of Topliss-reactive ketones (excluding diaryl/α,β-unsaturated/α-hetero) is 1. The fraction of sp³-hybridized carbons (Fsp3) is 0.462. The van der Waals surface area contributed by atoms with Gasteiger partial charge < -0.3 is 4.74 Å². The molecule has 0 amide bonds. The van der Waals surface area contributed by atoms with Gasteiger partial charge in [0.15, 0.2) is 11.4 Å². The quantitative estimate of drug-likeness (QED) is 0.655. The second-order valence-electron chi connectivity index (χ2n) is 4.43. The van der Waals surface area contributed by atoms with E-state index in [1.54, 1.807) is 0 Å². The maximum atomic E-state index is 11.8. The molecule has 1 saturated heterocycles. The van der Waals surface area contributed by atoms with Gasteiger partial charge in [0.2, 0.25) is 0 Å². The van der Waals surface area contributed by atoms with Crippen molar-refractivity contribution in [2.24, 2.45) is 0 Å². The van der Waals surface area contributed by atoms with Crippen molar-refractivity contribution < 1.29 is 9.53 Å². The second-order valence-corrected chi connectivity index (χ2v) is 4.43. The number of benzene rings is 1. The highest BCUT2D eigenvalue weighted by molar-refractivity contribution is 5.91. The van der Waals surface area contributed by atoms with Crippen LogP contribution in [0.25, 0.3) is 0 Å². The number of hydrogen-bond acceptors (Lipinski definition) is 2. The van der Waals surface area contributed by atoms with E-state index in [4.69, 9.17) is 4.74 Å². The lowest BCUT2D eigenvalue weighted by atomic mass is 9.83. The highest BCUT2D eigenvalue weighted by Crippen LogP contribution is 2.55. The molecule has 2 aliphatic rings. The van der Waals surface area contributed by atoms with Gasteiger partial charge in [0.05, 0.1) is 0 Å². The molecule has 2 heteroatoms. The first-order valence-corrected chi connectivity index (χ1v) is 5.59. The van der Waals surface area contributed by atoms with Crippen LogP contribution in [-0.2, 0) is 9.53 Å². The van der Waals surface area contributed by atoms with E-state index in [9.17, 15) is 4.79 Å². The van der Waals surface area contributed by atoms with E-state index in [0.29, 0.717) is 12.2 Å². The van der Waals surface area contributed by atoms with Crippen molar-refractivity contribution >= 4 is 5.78 Å². The Labute approximate surface area is 89.2 Å². The van der Waals surface area contributed by atoms with E-state index in [1.807, 2.05) is 30.3 Å². The number of epoxide rings is 1. The molecule has 1 aromatic carbocycles. The summed E-state index contributed by atoms with van der Waals surface area (Å²) >= 11 is 0. The predicted molar refractivity (Wildman–Crippen MR) is 56.5 cm³/mol. The smallest absolute Gasteiger partial charge is 0.167 e. The normalized spacial score (nSPS) is 34.4. The van der Waals surface area contributed by atoms with Crippen LogP contribution in [-0.4, -0.2) is 11.4 Å². The average molecular weight is 202 g/mol. The number of ketones is 1. The molecule has 1 aromatic rings. The molecular formula is C13H14O2. The SMILES string of the molecule is O=C1CCCC[C@@]12O[C@H]2c1ccccc1. The molecule has 2 fully saturated rings. The van der Waals surface area contributed by atoms with Crippen LogP contribution in [0.2, 0.25) is 0 Å². The second kappa shape index (κ2) is 3.17. The van der Waals surface area contributed by atoms with Crippen LogP contribution in [0.4, 0.5) is 0 Å². The Balaban J connectivity index is 1.85. The molecule has 0 aromatic heterocycles. The zero-order valence-corrected chi connectivity index (χ0v) is 8.61. The summed E-state index contributed by atoms with van der Waals surface area (Å²) in [6.07, 6.45) is 3.79. The van der Waals surface area contributed by atoms with E-state index in [-0.39, 0.29) is 6.10 Å². The maximum absolute atomic E-state index is 11.8. The molecule has 1 aliphatic heterocycles. The number of rotatable bonds is 1. The Kier molecular flexibility index (Phi) is 1.93. The van der Waals surface area contributed by atoms with Gasteiger partial charge in [0.1, 0.15) is 6.10 Å². The van der Waals surface area contributed by atoms with Crippen molar-refractivity contribution in [3.63, 3.8) is 0 Å². The van der Waals surface area contributed by atoms with Crippen LogP contribution in [0.1, 0.15) is 37.4 Å². The Morgan fingerprint density at radius 2 is 2.00 bits per heavy atom. The lowest BCUT2D eigenvalue weighted by Crippen LogP contribution is -2.28. The highest BCUT2D eigenvalue weighted by atomic mass is 16.6. The third-order valence-corrected chi connectivity index (χ3v) is 3.47. The van der Waals surface area contributed by atoms with E-state index >= 15 is 0 Å². The van der Waals surface area contributed by atoms with Crippen molar-refractivity contribution in [3.05, 3.63) is 35.9 Å². The predicted octanol–water partition coefficient (Wildman–Crippen LogP) is 2.64. The molecule has 0 N–H and O–H groups in total. The van der Waals surface area contributed by atoms with Crippen molar-refractivity contribution in [1.82, 2.24) is 0 Å². The highest BCUT2D eigenvalue weighted by Gasteiger charge is 2.62. The van der Waals surface area contributed by atoms with Gasteiger partial charge in [0.25, 0.3) is 0 Å². The van der Waals surface area contributed by atoms with Gasteiger partial charge in [-0.2, -0.15) is 0 Å². The van der Waals surface area contributed by atoms with Gasteiger partial charge in [-0.15, -0.1) is 0 Å². The van der Waals surface area contributed by atoms with E-state index < -0.39 is 5.60 Å². The van der Waals surface area contributed by atoms with Crippen molar-refractivity contribution in [3.8, 4) is 0 Å². The Morgan fingerprint density at radius 3 is 2.73 bits per heavy atom. The van der Waals surface area contributed by atoms with Gasteiger partial charge in [-0.1, -0.05) is 30.3 Å². The number of carbonyl (C=O) groups excluding carboxylic acids is 1. The van der Waals surface area contributed by atoms with Crippen molar-refractivity contribution in [2.45, 2.75) is 37.4 Å². The summed E-state index contributed by atoms with van der Waals surface area (Å²) in [4.78, 5) is 11.8. The van der Waals surface area contributed by atoms with Crippen LogP contribution in [0, 0.1) is 0 Å². The first kappa shape index (κ1) is 9.10. The van der Waals surface area contributed by atoms with Gasteiger partial charge in [-0.25, -0.2) is 0 Å².